The third kappa shape index (κ3) is 1.28. The molecule has 2 rings (SSSR count). The lowest BCUT2D eigenvalue weighted by Gasteiger charge is -1.98. The van der Waals surface area contributed by atoms with Gasteiger partial charge in [0, 0.05) is 5.41 Å². The monoisotopic (exact) mass is 207 g/mol. The van der Waals surface area contributed by atoms with Crippen molar-refractivity contribution >= 4 is 27.7 Å². The van der Waals surface area contributed by atoms with Gasteiger partial charge in [-0.05, 0) is 23.8 Å². The van der Waals surface area contributed by atoms with E-state index in [0.29, 0.717) is 11.3 Å². The van der Waals surface area contributed by atoms with Gasteiger partial charge in [0.05, 0.1) is 10.6 Å². The summed E-state index contributed by atoms with van der Waals surface area (Å²) >= 11 is 0. The van der Waals surface area contributed by atoms with Crippen LogP contribution in [0.4, 0.5) is 5.69 Å². The fourth-order valence-corrected chi connectivity index (χ4v) is 2.49. The third-order valence-corrected chi connectivity index (χ3v) is 3.37. The van der Waals surface area contributed by atoms with E-state index in [1.54, 1.807) is 12.1 Å². The average Bonchev–Trinajstić information content (AvgIpc) is 2.44. The summed E-state index contributed by atoms with van der Waals surface area (Å²) in [5.74, 6) is 0. The normalized spacial score (nSPS) is 16.0. The molecule has 0 fully saturated rings. The van der Waals surface area contributed by atoms with Crippen molar-refractivity contribution in [3.05, 3.63) is 29.2 Å². The Hall–Kier alpha value is -1.71. The predicted molar refractivity (Wildman–Crippen MR) is 50.4 cm³/mol. The number of fused-ring (bicyclic) bond motifs is 1. The molecule has 70 valence electrons. The van der Waals surface area contributed by atoms with Crippen LogP contribution in [0.1, 0.15) is 5.56 Å². The van der Waals surface area contributed by atoms with Crippen LogP contribution >= 0.6 is 0 Å². The third-order valence-electron chi connectivity index (χ3n) is 1.91. The summed E-state index contributed by atoms with van der Waals surface area (Å²) in [6.45, 7) is 0. The molecule has 1 aliphatic heterocycles. The number of benzene rings is 1. The van der Waals surface area contributed by atoms with Gasteiger partial charge in [0.15, 0.2) is 0 Å². The van der Waals surface area contributed by atoms with Gasteiger partial charge in [0.25, 0.3) is 0 Å². The van der Waals surface area contributed by atoms with Crippen LogP contribution in [0.3, 0.4) is 0 Å². The maximum Gasteiger partial charge on any atom is 0.240 e. The topological polar surface area (TPSA) is 63.6 Å². The molecule has 5 heteroatoms. The van der Waals surface area contributed by atoms with E-state index < -0.39 is 9.84 Å². The molecule has 0 aromatic heterocycles. The minimum Gasteiger partial charge on any atom is -0.219 e. The number of carbonyl (C=O) groups excluding carboxylic acids is 1. The zero-order valence-corrected chi connectivity index (χ0v) is 7.78. The summed E-state index contributed by atoms with van der Waals surface area (Å²) in [5.41, 5.74) is 0.917. The van der Waals surface area contributed by atoms with Crippen molar-refractivity contribution in [1.29, 1.82) is 0 Å². The maximum atomic E-state index is 11.4. The number of aliphatic imine (C=N–C) groups is 1. The molecule has 4 nitrogen and oxygen atoms in total. The van der Waals surface area contributed by atoms with Gasteiger partial charge < -0.3 is 0 Å². The standard InChI is InChI=1S/C9H5NO3S/c11-6-10-8-2-1-7-3-4-14(12,13)9(7)5-8/h1-5H. The Morgan fingerprint density at radius 3 is 2.79 bits per heavy atom. The van der Waals surface area contributed by atoms with Gasteiger partial charge >= 0.3 is 0 Å². The van der Waals surface area contributed by atoms with Gasteiger partial charge in [-0.3, -0.25) is 0 Å². The summed E-state index contributed by atoms with van der Waals surface area (Å²) in [5, 5.41) is 1.13. The SMILES string of the molecule is O=C=Nc1ccc2c(c1)S(=O)(=O)C=C2. The van der Waals surface area contributed by atoms with Gasteiger partial charge in [-0.2, -0.15) is 4.99 Å². The molecule has 0 aliphatic carbocycles. The van der Waals surface area contributed by atoms with Gasteiger partial charge in [0.2, 0.25) is 15.9 Å². The second-order valence-corrected chi connectivity index (χ2v) is 4.57. The van der Waals surface area contributed by atoms with Crippen LogP contribution in [0, 0.1) is 0 Å². The highest BCUT2D eigenvalue weighted by Crippen LogP contribution is 2.29. The minimum atomic E-state index is -3.32. The summed E-state index contributed by atoms with van der Waals surface area (Å²) in [6, 6.07) is 4.52. The fourth-order valence-electron chi connectivity index (χ4n) is 1.27. The maximum absolute atomic E-state index is 11.4. The van der Waals surface area contributed by atoms with Crippen LogP contribution in [0.15, 0.2) is 33.5 Å². The van der Waals surface area contributed by atoms with E-state index in [1.165, 1.54) is 18.2 Å². The molecule has 0 unspecified atom stereocenters. The van der Waals surface area contributed by atoms with E-state index in [2.05, 4.69) is 4.99 Å². The zero-order valence-electron chi connectivity index (χ0n) is 6.97. The van der Waals surface area contributed by atoms with Crippen LogP contribution in [0.25, 0.3) is 6.08 Å². The highest BCUT2D eigenvalue weighted by Gasteiger charge is 2.20. The number of sulfone groups is 1. The van der Waals surface area contributed by atoms with E-state index in [1.807, 2.05) is 0 Å². The Bertz CT molecular complexity index is 566. The van der Waals surface area contributed by atoms with E-state index in [4.69, 9.17) is 0 Å². The number of rotatable bonds is 1. The van der Waals surface area contributed by atoms with E-state index in [-0.39, 0.29) is 4.90 Å². The first-order valence-corrected chi connectivity index (χ1v) is 5.33. The van der Waals surface area contributed by atoms with Crippen LogP contribution in [0.5, 0.6) is 0 Å². The first kappa shape index (κ1) is 8.87. The van der Waals surface area contributed by atoms with Crippen LogP contribution in [-0.4, -0.2) is 14.5 Å². The fraction of sp³-hybridized carbons (Fsp3) is 0. The lowest BCUT2D eigenvalue weighted by molar-refractivity contribution is 0.565. The van der Waals surface area contributed by atoms with Gasteiger partial charge in [0.1, 0.15) is 0 Å². The van der Waals surface area contributed by atoms with E-state index in [9.17, 15) is 13.2 Å². The Labute approximate surface area is 80.5 Å². The van der Waals surface area contributed by atoms with Crippen molar-refractivity contribution in [3.8, 4) is 0 Å². The number of nitrogens with zero attached hydrogens (tertiary/aromatic N) is 1. The molecule has 0 radical (unpaired) electrons. The molecule has 0 N–H and O–H groups in total. The first-order valence-electron chi connectivity index (χ1n) is 3.78. The molecule has 1 aromatic carbocycles. The van der Waals surface area contributed by atoms with Crippen LogP contribution in [-0.2, 0) is 14.6 Å². The molecule has 0 atom stereocenters. The largest absolute Gasteiger partial charge is 0.240 e. The molecule has 1 heterocycles. The molecule has 0 spiro atoms. The Morgan fingerprint density at radius 2 is 2.07 bits per heavy atom. The van der Waals surface area contributed by atoms with Crippen molar-refractivity contribution in [2.75, 3.05) is 0 Å². The second kappa shape index (κ2) is 2.90. The molecular weight excluding hydrogens is 202 g/mol. The summed E-state index contributed by atoms with van der Waals surface area (Å²) < 4.78 is 22.8. The average molecular weight is 207 g/mol. The van der Waals surface area contributed by atoms with E-state index in [0.717, 1.165) is 5.41 Å². The van der Waals surface area contributed by atoms with Crippen molar-refractivity contribution in [2.24, 2.45) is 4.99 Å². The number of hydrogen-bond donors (Lipinski definition) is 0. The quantitative estimate of drug-likeness (QED) is 0.516. The second-order valence-electron chi connectivity index (χ2n) is 2.77. The Kier molecular flexibility index (Phi) is 1.84. The smallest absolute Gasteiger partial charge is 0.219 e. The molecule has 1 aromatic rings. The Balaban J connectivity index is 2.69. The molecule has 0 saturated heterocycles. The van der Waals surface area contributed by atoms with Crippen molar-refractivity contribution in [1.82, 2.24) is 0 Å². The highest BCUT2D eigenvalue weighted by atomic mass is 32.2. The molecule has 0 bridgehead atoms. The highest BCUT2D eigenvalue weighted by molar-refractivity contribution is 7.94. The minimum absolute atomic E-state index is 0.189. The van der Waals surface area contributed by atoms with Crippen molar-refractivity contribution in [2.45, 2.75) is 4.90 Å². The summed E-state index contributed by atoms with van der Waals surface area (Å²) in [6.07, 6.45) is 2.88. The molecule has 0 saturated carbocycles. The van der Waals surface area contributed by atoms with Gasteiger partial charge in [-0.25, -0.2) is 13.2 Å². The molecule has 0 amide bonds. The lowest BCUT2D eigenvalue weighted by Crippen LogP contribution is -1.92. The molecule has 1 aliphatic rings. The predicted octanol–water partition coefficient (Wildman–Crippen LogP) is 1.41. The number of isocyanates is 1. The van der Waals surface area contributed by atoms with Crippen molar-refractivity contribution in [3.63, 3.8) is 0 Å². The molecule has 14 heavy (non-hydrogen) atoms. The summed E-state index contributed by atoms with van der Waals surface area (Å²) in [4.78, 5) is 13.5. The van der Waals surface area contributed by atoms with Crippen molar-refractivity contribution < 1.29 is 13.2 Å². The first-order chi connectivity index (χ1) is 6.63. The van der Waals surface area contributed by atoms with Crippen LogP contribution < -0.4 is 0 Å². The summed E-state index contributed by atoms with van der Waals surface area (Å²) in [7, 11) is -3.32. The Morgan fingerprint density at radius 1 is 1.29 bits per heavy atom. The molecular formula is C9H5NO3S. The number of hydrogen-bond acceptors (Lipinski definition) is 4. The van der Waals surface area contributed by atoms with Gasteiger partial charge in [-0.1, -0.05) is 6.07 Å². The lowest BCUT2D eigenvalue weighted by atomic mass is 10.2. The van der Waals surface area contributed by atoms with Crippen LogP contribution in [0.2, 0.25) is 0 Å². The van der Waals surface area contributed by atoms with Gasteiger partial charge in [-0.15, -0.1) is 0 Å². The van der Waals surface area contributed by atoms with E-state index >= 15 is 0 Å². The zero-order chi connectivity index (χ0) is 10.2.